The van der Waals surface area contributed by atoms with Crippen molar-refractivity contribution in [2.45, 2.75) is 208 Å². The second-order valence-electron chi connectivity index (χ2n) is 24.1. The Hall–Kier alpha value is -3.24. The van der Waals surface area contributed by atoms with Gasteiger partial charge < -0.3 is 25.6 Å². The summed E-state index contributed by atoms with van der Waals surface area (Å²) in [6.45, 7) is 18.0. The van der Waals surface area contributed by atoms with Crippen LogP contribution in [-0.4, -0.2) is 79.2 Å². The van der Waals surface area contributed by atoms with Crippen molar-refractivity contribution in [1.29, 1.82) is 0 Å². The number of carbonyl (C=O) groups is 2. The van der Waals surface area contributed by atoms with E-state index in [1.807, 2.05) is 18.5 Å². The lowest BCUT2D eigenvalue weighted by molar-refractivity contribution is -0.163. The summed E-state index contributed by atoms with van der Waals surface area (Å²) in [5, 5.41) is 10.2. The Balaban J connectivity index is 0.713. The Morgan fingerprint density at radius 3 is 2.41 bits per heavy atom. The number of aromatic nitrogens is 2. The lowest BCUT2D eigenvalue weighted by atomic mass is 9.44. The smallest absolute Gasteiger partial charge is 0.306 e. The number of pyridine rings is 2. The van der Waals surface area contributed by atoms with Gasteiger partial charge in [0.2, 0.25) is 5.91 Å². The average molecular weight is 952 g/mol. The van der Waals surface area contributed by atoms with Crippen LogP contribution in [0.15, 0.2) is 36.7 Å². The first-order valence-electron chi connectivity index (χ1n) is 28.5. The molecule has 4 saturated carbocycles. The molecule has 4 aliphatic carbocycles. The molecular weight excluding hydrogens is 855 g/mol. The zero-order chi connectivity index (χ0) is 48.8. The van der Waals surface area contributed by atoms with Gasteiger partial charge in [-0.05, 0) is 186 Å². The lowest BCUT2D eigenvalue weighted by Crippen LogP contribution is -2.54. The van der Waals surface area contributed by atoms with Crippen molar-refractivity contribution in [2.24, 2.45) is 52.3 Å². The maximum atomic E-state index is 13.0. The lowest BCUT2D eigenvalue weighted by Gasteiger charge is -2.61. The normalized spacial score (nSPS) is 29.2. The van der Waals surface area contributed by atoms with Gasteiger partial charge in [-0.2, -0.15) is 0 Å². The van der Waals surface area contributed by atoms with Crippen LogP contribution < -0.4 is 20.9 Å². The maximum absolute atomic E-state index is 13.0. The molecule has 10 nitrogen and oxygen atoms in total. The molecule has 0 radical (unpaired) electrons. The first kappa shape index (κ1) is 53.6. The summed E-state index contributed by atoms with van der Waals surface area (Å²) < 4.78 is 6.11. The first-order valence-corrected chi connectivity index (χ1v) is 28.5. The van der Waals surface area contributed by atoms with Crippen LogP contribution in [0.25, 0.3) is 0 Å². The predicted octanol–water partition coefficient (Wildman–Crippen LogP) is 12.4. The number of ether oxygens (including phenoxy) is 1. The maximum Gasteiger partial charge on any atom is 0.306 e. The molecule has 5 aliphatic rings. The summed E-state index contributed by atoms with van der Waals surface area (Å²) >= 11 is 0. The molecule has 10 heteroatoms. The van der Waals surface area contributed by atoms with E-state index >= 15 is 0 Å². The van der Waals surface area contributed by atoms with Crippen LogP contribution in [0.5, 0.6) is 0 Å². The van der Waals surface area contributed by atoms with Crippen LogP contribution in [0.3, 0.4) is 0 Å². The van der Waals surface area contributed by atoms with Gasteiger partial charge in [-0.15, -0.1) is 0 Å². The number of carbonyl (C=O) groups excluding carboxylic acids is 2. The van der Waals surface area contributed by atoms with Crippen molar-refractivity contribution in [3.05, 3.63) is 48.0 Å². The van der Waals surface area contributed by atoms with Crippen LogP contribution in [0.2, 0.25) is 0 Å². The highest BCUT2D eigenvalue weighted by atomic mass is 16.5. The summed E-state index contributed by atoms with van der Waals surface area (Å²) in [6, 6.07) is 9.12. The summed E-state index contributed by atoms with van der Waals surface area (Å²) in [4.78, 5) is 39.8. The second kappa shape index (κ2) is 25.9. The predicted molar refractivity (Wildman–Crippen MR) is 284 cm³/mol. The Morgan fingerprint density at radius 2 is 1.57 bits per heavy atom. The zero-order valence-electron chi connectivity index (χ0n) is 44.7. The molecule has 1 aliphatic heterocycles. The van der Waals surface area contributed by atoms with Crippen LogP contribution in [0.1, 0.15) is 194 Å². The highest BCUT2D eigenvalue weighted by Crippen LogP contribution is 2.68. The molecule has 10 atom stereocenters. The molecule has 2 aromatic heterocycles. The van der Waals surface area contributed by atoms with E-state index in [1.165, 1.54) is 115 Å². The number of fused-ring (bicyclic) bond motifs is 5. The number of hydrogen-bond acceptors (Lipinski definition) is 9. The van der Waals surface area contributed by atoms with E-state index in [4.69, 9.17) is 9.72 Å². The molecule has 0 bridgehead atoms. The van der Waals surface area contributed by atoms with Gasteiger partial charge in [0.15, 0.2) is 0 Å². The Morgan fingerprint density at radius 1 is 0.797 bits per heavy atom. The molecule has 3 heterocycles. The molecule has 2 aromatic rings. The molecule has 1 unspecified atom stereocenters. The number of esters is 1. The molecule has 5 fully saturated rings. The molecule has 0 aromatic carbocycles. The fourth-order valence-electron chi connectivity index (χ4n) is 15.0. The standard InChI is InChI=1S/C59H97N7O3/c1-43(2)16-14-17-44(3)53-22-23-54-52-21-20-45-38-51(26-30-58(45,4)55(52)27-31-59(53,54)5)69-57(68)25-24-56(67)64-34-13-12-33-61-46-28-35-63-48(39-46)42-66-37-15-19-49(66)18-10-8-9-11-32-60-41-47-40-50(65(6)7)29-36-62-47/h28-29,35-36,39-40,43-45,49,51-55,60H,8-27,30-34,37-38,41-42H2,1-7H3,(H,61,63)(H,64,67)/t44-,45?,49-,51+,52+,53-,54+,55+,58+,59-/m1/s1. The monoisotopic (exact) mass is 952 g/mol. The van der Waals surface area contributed by atoms with Gasteiger partial charge >= 0.3 is 5.97 Å². The highest BCUT2D eigenvalue weighted by molar-refractivity contribution is 5.81. The number of hydrogen-bond donors (Lipinski definition) is 3. The molecule has 386 valence electrons. The summed E-state index contributed by atoms with van der Waals surface area (Å²) in [7, 11) is 4.13. The quantitative estimate of drug-likeness (QED) is 0.0595. The first-order chi connectivity index (χ1) is 33.3. The summed E-state index contributed by atoms with van der Waals surface area (Å²) in [6.07, 6.45) is 30.6. The van der Waals surface area contributed by atoms with Crippen molar-refractivity contribution < 1.29 is 14.3 Å². The number of anilines is 2. The number of nitrogens with zero attached hydrogens (tertiary/aromatic N) is 4. The number of unbranched alkanes of at least 4 members (excludes halogenated alkanes) is 4. The van der Waals surface area contributed by atoms with Crippen LogP contribution in [-0.2, 0) is 27.4 Å². The van der Waals surface area contributed by atoms with Crippen molar-refractivity contribution in [1.82, 2.24) is 25.5 Å². The molecule has 1 saturated heterocycles. The van der Waals surface area contributed by atoms with Crippen LogP contribution >= 0.6 is 0 Å². The number of likely N-dealkylation sites (tertiary alicyclic amines) is 1. The van der Waals surface area contributed by atoms with Crippen molar-refractivity contribution in [3.8, 4) is 0 Å². The van der Waals surface area contributed by atoms with E-state index in [0.717, 1.165) is 111 Å². The minimum atomic E-state index is -0.201. The topological polar surface area (TPSA) is 112 Å². The Kier molecular flexibility index (Phi) is 20.1. The van der Waals surface area contributed by atoms with Gasteiger partial charge in [0.05, 0.1) is 17.8 Å². The summed E-state index contributed by atoms with van der Waals surface area (Å²) in [5.74, 6) is 5.57. The van der Waals surface area contributed by atoms with Crippen molar-refractivity contribution >= 4 is 23.3 Å². The third-order valence-electron chi connectivity index (χ3n) is 18.9. The Labute approximate surface area is 419 Å². The SMILES string of the molecule is CC(C)CCC[C@@H](C)[C@H]1CC[C@H]2[C@@H]3CCC4C[C@@H](OC(=O)CCC(=O)NCCCCNc5ccnc(CN6CCC[C@H]6CCCCCCNCc6cc(N(C)C)ccn6)c5)CC[C@]4(C)[C@H]3CC[C@]12C. The van der Waals surface area contributed by atoms with Gasteiger partial charge in [0.25, 0.3) is 0 Å². The minimum absolute atomic E-state index is 0.00795. The van der Waals surface area contributed by atoms with Gasteiger partial charge in [-0.1, -0.05) is 73.1 Å². The third-order valence-corrected chi connectivity index (χ3v) is 18.9. The third kappa shape index (κ3) is 14.7. The molecule has 0 spiro atoms. The van der Waals surface area contributed by atoms with Crippen molar-refractivity contribution in [2.75, 3.05) is 50.5 Å². The number of rotatable bonds is 27. The van der Waals surface area contributed by atoms with Gasteiger partial charge in [-0.3, -0.25) is 24.5 Å². The van der Waals surface area contributed by atoms with E-state index in [1.54, 1.807) is 0 Å². The van der Waals surface area contributed by atoms with E-state index in [0.29, 0.717) is 29.3 Å². The van der Waals surface area contributed by atoms with Gasteiger partial charge in [-0.25, -0.2) is 0 Å². The minimum Gasteiger partial charge on any atom is -0.462 e. The fraction of sp³-hybridized carbons (Fsp3) is 0.797. The molecule has 7 rings (SSSR count). The molecular formula is C59H97N7O3. The van der Waals surface area contributed by atoms with Gasteiger partial charge in [0, 0.05) is 76.5 Å². The number of amides is 1. The van der Waals surface area contributed by atoms with E-state index in [-0.39, 0.29) is 30.8 Å². The highest BCUT2D eigenvalue weighted by Gasteiger charge is 2.60. The van der Waals surface area contributed by atoms with Crippen LogP contribution in [0, 0.1) is 52.3 Å². The zero-order valence-corrected chi connectivity index (χ0v) is 44.7. The number of nitrogens with one attached hydrogen (secondary N) is 3. The fourth-order valence-corrected chi connectivity index (χ4v) is 15.0. The summed E-state index contributed by atoms with van der Waals surface area (Å²) in [5.41, 5.74) is 5.44. The molecule has 3 N–H and O–H groups in total. The largest absolute Gasteiger partial charge is 0.462 e. The second-order valence-corrected chi connectivity index (χ2v) is 24.1. The molecule has 1 amide bonds. The molecule has 69 heavy (non-hydrogen) atoms. The van der Waals surface area contributed by atoms with E-state index in [9.17, 15) is 9.59 Å². The van der Waals surface area contributed by atoms with Crippen LogP contribution in [0.4, 0.5) is 11.4 Å². The Bertz CT molecular complexity index is 1890. The van der Waals surface area contributed by atoms with Gasteiger partial charge in [0.1, 0.15) is 6.10 Å². The average Bonchev–Trinajstić information content (AvgIpc) is 3.93. The van der Waals surface area contributed by atoms with E-state index in [2.05, 4.69) is 97.6 Å². The van der Waals surface area contributed by atoms with E-state index < -0.39 is 0 Å². The van der Waals surface area contributed by atoms with Crippen molar-refractivity contribution in [3.63, 3.8) is 0 Å².